The largest absolute Gasteiger partial charge is 0.323 e. The second-order valence-electron chi connectivity index (χ2n) is 4.87. The van der Waals surface area contributed by atoms with Crippen LogP contribution in [0.3, 0.4) is 0 Å². The van der Waals surface area contributed by atoms with E-state index in [9.17, 15) is 0 Å². The molecular weight excluding hydrogens is 216 g/mol. The molecule has 88 valence electrons. The van der Waals surface area contributed by atoms with Crippen LogP contribution in [0, 0.1) is 0 Å². The topological polar surface area (TPSA) is 29.3 Å². The molecule has 0 amide bonds. The lowest BCUT2D eigenvalue weighted by atomic mass is 9.97. The average Bonchev–Trinajstić information content (AvgIpc) is 2.97. The van der Waals surface area contributed by atoms with Gasteiger partial charge in [0.15, 0.2) is 0 Å². The first-order chi connectivity index (χ1) is 7.57. The van der Waals surface area contributed by atoms with E-state index in [-0.39, 0.29) is 5.54 Å². The van der Waals surface area contributed by atoms with Crippen LogP contribution < -0.4 is 5.73 Å². The Bertz CT molecular complexity index is 355. The molecule has 1 saturated carbocycles. The van der Waals surface area contributed by atoms with Gasteiger partial charge in [-0.3, -0.25) is 0 Å². The van der Waals surface area contributed by atoms with E-state index in [2.05, 4.69) is 49.5 Å². The van der Waals surface area contributed by atoms with Gasteiger partial charge in [0.05, 0.1) is 6.04 Å². The molecule has 0 saturated heterocycles. The predicted molar refractivity (Wildman–Crippen MR) is 70.8 cm³/mol. The number of nitrogens with zero attached hydrogens (tertiary/aromatic N) is 1. The van der Waals surface area contributed by atoms with E-state index < -0.39 is 0 Å². The highest BCUT2D eigenvalue weighted by atomic mass is 32.2. The summed E-state index contributed by atoms with van der Waals surface area (Å²) in [7, 11) is 4.22. The summed E-state index contributed by atoms with van der Waals surface area (Å²) in [6.45, 7) is 0. The fourth-order valence-electron chi connectivity index (χ4n) is 2.35. The SMILES string of the molecule is CSc1ccc(C(N(C)C)C2(N)CC2)cc1. The second-order valence-corrected chi connectivity index (χ2v) is 5.75. The fraction of sp³-hybridized carbons (Fsp3) is 0.538. The molecule has 0 aliphatic heterocycles. The normalized spacial score (nSPS) is 19.8. The zero-order valence-electron chi connectivity index (χ0n) is 10.2. The molecule has 0 heterocycles. The third-order valence-electron chi connectivity index (χ3n) is 3.32. The molecule has 1 aromatic carbocycles. The highest BCUT2D eigenvalue weighted by Crippen LogP contribution is 2.46. The predicted octanol–water partition coefficient (Wildman–Crippen LogP) is 2.50. The van der Waals surface area contributed by atoms with Gasteiger partial charge in [-0.15, -0.1) is 11.8 Å². The smallest absolute Gasteiger partial charge is 0.0523 e. The van der Waals surface area contributed by atoms with E-state index in [0.29, 0.717) is 6.04 Å². The van der Waals surface area contributed by atoms with Gasteiger partial charge in [-0.25, -0.2) is 0 Å². The summed E-state index contributed by atoms with van der Waals surface area (Å²) >= 11 is 1.78. The van der Waals surface area contributed by atoms with Crippen LogP contribution in [0.2, 0.25) is 0 Å². The van der Waals surface area contributed by atoms with Crippen molar-refractivity contribution in [2.75, 3.05) is 20.4 Å². The van der Waals surface area contributed by atoms with Gasteiger partial charge < -0.3 is 10.6 Å². The average molecular weight is 236 g/mol. The molecule has 16 heavy (non-hydrogen) atoms. The summed E-state index contributed by atoms with van der Waals surface area (Å²) in [6.07, 6.45) is 4.38. The minimum atomic E-state index is 0.00434. The Morgan fingerprint density at radius 1 is 1.25 bits per heavy atom. The standard InChI is InChI=1S/C13H20N2S/c1-15(2)12(13(14)8-9-13)10-4-6-11(16-3)7-5-10/h4-7,12H,8-9,14H2,1-3H3. The third-order valence-corrected chi connectivity index (χ3v) is 4.06. The molecule has 0 radical (unpaired) electrons. The number of likely N-dealkylation sites (N-methyl/N-ethyl adjacent to an activating group) is 1. The van der Waals surface area contributed by atoms with Gasteiger partial charge in [-0.1, -0.05) is 12.1 Å². The molecule has 1 fully saturated rings. The lowest BCUT2D eigenvalue weighted by Crippen LogP contribution is -2.39. The number of hydrogen-bond acceptors (Lipinski definition) is 3. The highest BCUT2D eigenvalue weighted by Gasteiger charge is 2.47. The molecule has 2 nitrogen and oxygen atoms in total. The van der Waals surface area contributed by atoms with E-state index in [1.54, 1.807) is 11.8 Å². The Hall–Kier alpha value is -0.510. The van der Waals surface area contributed by atoms with Crippen LogP contribution in [0.25, 0.3) is 0 Å². The zero-order valence-corrected chi connectivity index (χ0v) is 11.1. The van der Waals surface area contributed by atoms with E-state index in [4.69, 9.17) is 5.73 Å². The number of hydrogen-bond donors (Lipinski definition) is 1. The molecule has 1 aromatic rings. The monoisotopic (exact) mass is 236 g/mol. The van der Waals surface area contributed by atoms with Crippen molar-refractivity contribution in [3.63, 3.8) is 0 Å². The highest BCUT2D eigenvalue weighted by molar-refractivity contribution is 7.98. The Morgan fingerprint density at radius 2 is 1.81 bits per heavy atom. The fourth-order valence-corrected chi connectivity index (χ4v) is 2.76. The van der Waals surface area contributed by atoms with Crippen LogP contribution in [0.5, 0.6) is 0 Å². The number of benzene rings is 1. The molecule has 1 atom stereocenters. The van der Waals surface area contributed by atoms with Gasteiger partial charge in [-0.05, 0) is 50.9 Å². The molecular formula is C13H20N2S. The van der Waals surface area contributed by atoms with Crippen molar-refractivity contribution in [3.8, 4) is 0 Å². The van der Waals surface area contributed by atoms with Crippen molar-refractivity contribution in [1.82, 2.24) is 4.90 Å². The van der Waals surface area contributed by atoms with E-state index in [1.165, 1.54) is 10.5 Å². The van der Waals surface area contributed by atoms with Crippen LogP contribution in [-0.2, 0) is 0 Å². The molecule has 1 aliphatic carbocycles. The number of rotatable bonds is 4. The molecule has 0 aromatic heterocycles. The summed E-state index contributed by atoms with van der Waals surface area (Å²) in [5.41, 5.74) is 7.69. The molecule has 0 bridgehead atoms. The summed E-state index contributed by atoms with van der Waals surface area (Å²) in [5, 5.41) is 0. The van der Waals surface area contributed by atoms with Crippen LogP contribution >= 0.6 is 11.8 Å². The van der Waals surface area contributed by atoms with Crippen LogP contribution in [0.1, 0.15) is 24.4 Å². The zero-order chi connectivity index (χ0) is 11.8. The minimum Gasteiger partial charge on any atom is -0.323 e. The lowest BCUT2D eigenvalue weighted by molar-refractivity contribution is 0.246. The van der Waals surface area contributed by atoms with Crippen LogP contribution in [-0.4, -0.2) is 30.8 Å². The van der Waals surface area contributed by atoms with Crippen molar-refractivity contribution >= 4 is 11.8 Å². The Morgan fingerprint density at radius 3 is 2.19 bits per heavy atom. The minimum absolute atomic E-state index is 0.00434. The number of thioether (sulfide) groups is 1. The van der Waals surface area contributed by atoms with Crippen molar-refractivity contribution < 1.29 is 0 Å². The maximum Gasteiger partial charge on any atom is 0.0523 e. The van der Waals surface area contributed by atoms with Gasteiger partial charge in [0, 0.05) is 10.4 Å². The van der Waals surface area contributed by atoms with Gasteiger partial charge in [0.2, 0.25) is 0 Å². The Balaban J connectivity index is 2.25. The van der Waals surface area contributed by atoms with E-state index in [1.807, 2.05) is 0 Å². The Labute approximate surface area is 102 Å². The maximum absolute atomic E-state index is 6.35. The molecule has 1 aliphatic rings. The Kier molecular flexibility index (Phi) is 3.29. The van der Waals surface area contributed by atoms with Crippen molar-refractivity contribution in [2.45, 2.75) is 29.3 Å². The third kappa shape index (κ3) is 2.26. The molecule has 3 heteroatoms. The molecule has 0 spiro atoms. The van der Waals surface area contributed by atoms with Crippen LogP contribution in [0.4, 0.5) is 0 Å². The van der Waals surface area contributed by atoms with Gasteiger partial charge in [-0.2, -0.15) is 0 Å². The quantitative estimate of drug-likeness (QED) is 0.815. The molecule has 2 N–H and O–H groups in total. The maximum atomic E-state index is 6.35. The van der Waals surface area contributed by atoms with E-state index >= 15 is 0 Å². The summed E-state index contributed by atoms with van der Waals surface area (Å²) < 4.78 is 0. The van der Waals surface area contributed by atoms with Gasteiger partial charge in [0.1, 0.15) is 0 Å². The summed E-state index contributed by atoms with van der Waals surface area (Å²) in [6, 6.07) is 9.14. The van der Waals surface area contributed by atoms with Crippen molar-refractivity contribution in [2.24, 2.45) is 5.73 Å². The first-order valence-corrected chi connectivity index (χ1v) is 6.88. The second kappa shape index (κ2) is 4.40. The lowest BCUT2D eigenvalue weighted by Gasteiger charge is -2.30. The first kappa shape index (κ1) is 12.0. The molecule has 1 unspecified atom stereocenters. The van der Waals surface area contributed by atoms with Crippen molar-refractivity contribution in [3.05, 3.63) is 29.8 Å². The van der Waals surface area contributed by atoms with Crippen molar-refractivity contribution in [1.29, 1.82) is 0 Å². The van der Waals surface area contributed by atoms with Gasteiger partial charge >= 0.3 is 0 Å². The summed E-state index contributed by atoms with van der Waals surface area (Å²) in [4.78, 5) is 3.55. The first-order valence-electron chi connectivity index (χ1n) is 5.66. The summed E-state index contributed by atoms with van der Waals surface area (Å²) in [5.74, 6) is 0. The molecule has 2 rings (SSSR count). The van der Waals surface area contributed by atoms with Gasteiger partial charge in [0.25, 0.3) is 0 Å². The van der Waals surface area contributed by atoms with E-state index in [0.717, 1.165) is 12.8 Å². The number of nitrogens with two attached hydrogens (primary N) is 1. The van der Waals surface area contributed by atoms with Crippen LogP contribution in [0.15, 0.2) is 29.2 Å².